The van der Waals surface area contributed by atoms with E-state index in [0.717, 1.165) is 23.4 Å². The smallest absolute Gasteiger partial charge is 0.411 e. The van der Waals surface area contributed by atoms with Crippen LogP contribution in [0.3, 0.4) is 0 Å². The van der Waals surface area contributed by atoms with E-state index in [1.54, 1.807) is 31.2 Å². The third-order valence-electron chi connectivity index (χ3n) is 4.46. The van der Waals surface area contributed by atoms with Gasteiger partial charge < -0.3 is 4.74 Å². The molecule has 0 aliphatic carbocycles. The number of hydrogen-bond acceptors (Lipinski definition) is 5. The van der Waals surface area contributed by atoms with Crippen LogP contribution >= 0.6 is 0 Å². The summed E-state index contributed by atoms with van der Waals surface area (Å²) in [6.45, 7) is 7.12. The molecular weight excluding hydrogens is 428 g/mol. The van der Waals surface area contributed by atoms with Crippen LogP contribution in [0, 0.1) is 25.7 Å². The lowest BCUT2D eigenvalue weighted by molar-refractivity contribution is 0.168. The molecule has 0 unspecified atom stereocenters. The van der Waals surface area contributed by atoms with E-state index in [1.165, 1.54) is 16.3 Å². The highest BCUT2D eigenvalue weighted by atomic mass is 16.5. The number of anilines is 1. The lowest BCUT2D eigenvalue weighted by Gasteiger charge is -2.08. The van der Waals surface area contributed by atoms with Gasteiger partial charge in [0.05, 0.1) is 25.4 Å². The Morgan fingerprint density at radius 1 is 1.09 bits per heavy atom. The van der Waals surface area contributed by atoms with E-state index in [9.17, 15) is 9.59 Å². The molecule has 1 N–H and O–H groups in total. The van der Waals surface area contributed by atoms with Gasteiger partial charge in [-0.15, -0.1) is 0 Å². The number of carbonyl (C=O) groups excluding carboxylic acids is 1. The third kappa shape index (κ3) is 9.72. The summed E-state index contributed by atoms with van der Waals surface area (Å²) in [6, 6.07) is 18.7. The van der Waals surface area contributed by atoms with Gasteiger partial charge in [0.25, 0.3) is 5.56 Å². The van der Waals surface area contributed by atoms with Crippen molar-refractivity contribution in [1.82, 2.24) is 14.7 Å². The number of rotatable bonds is 5. The van der Waals surface area contributed by atoms with Crippen LogP contribution in [0.15, 0.2) is 65.5 Å². The maximum Gasteiger partial charge on any atom is 0.411 e. The molecule has 2 aromatic carbocycles. The number of ether oxygens (including phenoxy) is 1. The molecule has 0 aliphatic heterocycles. The SMILES string of the molecule is CCOC(=O)Nc1cccc(Cn2nc(C)ccc2=O)c1.Cc1ccc(C#CCN(C)C)cc1. The van der Waals surface area contributed by atoms with E-state index in [2.05, 4.69) is 58.3 Å². The highest BCUT2D eigenvalue weighted by Crippen LogP contribution is 2.11. The molecule has 0 atom stereocenters. The van der Waals surface area contributed by atoms with Crippen molar-refractivity contribution in [1.29, 1.82) is 0 Å². The topological polar surface area (TPSA) is 76.5 Å². The van der Waals surface area contributed by atoms with Crippen molar-refractivity contribution in [2.45, 2.75) is 27.3 Å². The van der Waals surface area contributed by atoms with Crippen LogP contribution in [0.2, 0.25) is 0 Å². The van der Waals surface area contributed by atoms with Crippen LogP contribution < -0.4 is 10.9 Å². The predicted octanol–water partition coefficient (Wildman–Crippen LogP) is 4.08. The van der Waals surface area contributed by atoms with Gasteiger partial charge in [-0.3, -0.25) is 15.0 Å². The summed E-state index contributed by atoms with van der Waals surface area (Å²) in [4.78, 5) is 25.2. The lowest BCUT2D eigenvalue weighted by Crippen LogP contribution is -2.23. The summed E-state index contributed by atoms with van der Waals surface area (Å²) in [5.74, 6) is 6.21. The average Bonchev–Trinajstić information content (AvgIpc) is 2.78. The summed E-state index contributed by atoms with van der Waals surface area (Å²) >= 11 is 0. The second kappa shape index (κ2) is 13.6. The van der Waals surface area contributed by atoms with Crippen LogP contribution in [0.5, 0.6) is 0 Å². The number of nitrogens with one attached hydrogen (secondary N) is 1. The Hall–Kier alpha value is -3.89. The minimum Gasteiger partial charge on any atom is -0.450 e. The van der Waals surface area contributed by atoms with E-state index in [-0.39, 0.29) is 5.56 Å². The Balaban J connectivity index is 0.000000270. The van der Waals surface area contributed by atoms with Crippen LogP contribution in [0.1, 0.15) is 29.3 Å². The van der Waals surface area contributed by atoms with Crippen molar-refractivity contribution in [3.63, 3.8) is 0 Å². The van der Waals surface area contributed by atoms with Crippen molar-refractivity contribution >= 4 is 11.8 Å². The zero-order valence-corrected chi connectivity index (χ0v) is 20.5. The molecule has 0 saturated heterocycles. The molecule has 0 bridgehead atoms. The maximum atomic E-state index is 11.7. The van der Waals surface area contributed by atoms with Crippen LogP contribution in [0.25, 0.3) is 0 Å². The van der Waals surface area contributed by atoms with Crippen molar-refractivity contribution in [2.24, 2.45) is 0 Å². The number of aromatic nitrogens is 2. The Morgan fingerprint density at radius 2 is 1.82 bits per heavy atom. The van der Waals surface area contributed by atoms with E-state index in [0.29, 0.717) is 18.8 Å². The molecular formula is C27H32N4O3. The fraction of sp³-hybridized carbons (Fsp3) is 0.296. The van der Waals surface area contributed by atoms with Crippen LogP contribution in [-0.4, -0.2) is 48.0 Å². The van der Waals surface area contributed by atoms with E-state index in [4.69, 9.17) is 4.74 Å². The van der Waals surface area contributed by atoms with Gasteiger partial charge in [0, 0.05) is 17.3 Å². The number of hydrogen-bond donors (Lipinski definition) is 1. The monoisotopic (exact) mass is 460 g/mol. The number of benzene rings is 2. The van der Waals surface area contributed by atoms with Gasteiger partial charge in [-0.05, 0) is 70.8 Å². The average molecular weight is 461 g/mol. The van der Waals surface area contributed by atoms with E-state index < -0.39 is 6.09 Å². The number of nitrogens with zero attached hydrogens (tertiary/aromatic N) is 3. The summed E-state index contributed by atoms with van der Waals surface area (Å²) < 4.78 is 6.21. The molecule has 3 rings (SSSR count). The lowest BCUT2D eigenvalue weighted by atomic mass is 10.2. The molecule has 34 heavy (non-hydrogen) atoms. The predicted molar refractivity (Wildman–Crippen MR) is 136 cm³/mol. The van der Waals surface area contributed by atoms with Gasteiger partial charge in [0.15, 0.2) is 0 Å². The van der Waals surface area contributed by atoms with Crippen molar-refractivity contribution in [3.8, 4) is 11.8 Å². The first-order chi connectivity index (χ1) is 16.3. The van der Waals surface area contributed by atoms with Gasteiger partial charge in [0.2, 0.25) is 0 Å². The highest BCUT2D eigenvalue weighted by molar-refractivity contribution is 5.84. The molecule has 0 saturated carbocycles. The molecule has 7 heteroatoms. The maximum absolute atomic E-state index is 11.7. The normalized spacial score (nSPS) is 9.94. The van der Waals surface area contributed by atoms with Crippen molar-refractivity contribution in [3.05, 3.63) is 93.4 Å². The summed E-state index contributed by atoms with van der Waals surface area (Å²) in [5, 5.41) is 6.81. The Bertz CT molecular complexity index is 1190. The number of amides is 1. The first kappa shape index (κ1) is 26.4. The second-order valence-electron chi connectivity index (χ2n) is 7.92. The van der Waals surface area contributed by atoms with Crippen LogP contribution in [0.4, 0.5) is 10.5 Å². The first-order valence-electron chi connectivity index (χ1n) is 11.0. The molecule has 1 aromatic heterocycles. The zero-order valence-electron chi connectivity index (χ0n) is 20.5. The highest BCUT2D eigenvalue weighted by Gasteiger charge is 2.04. The molecule has 1 heterocycles. The first-order valence-corrected chi connectivity index (χ1v) is 11.0. The Morgan fingerprint density at radius 3 is 2.50 bits per heavy atom. The van der Waals surface area contributed by atoms with Gasteiger partial charge >= 0.3 is 6.09 Å². The number of aryl methyl sites for hydroxylation is 2. The quantitative estimate of drug-likeness (QED) is 0.581. The Kier molecular flexibility index (Phi) is 10.6. The summed E-state index contributed by atoms with van der Waals surface area (Å²) in [6.07, 6.45) is -0.500. The van der Waals surface area contributed by atoms with Crippen molar-refractivity contribution in [2.75, 3.05) is 32.6 Å². The zero-order chi connectivity index (χ0) is 24.9. The van der Waals surface area contributed by atoms with Crippen molar-refractivity contribution < 1.29 is 9.53 Å². The fourth-order valence-corrected chi connectivity index (χ4v) is 2.81. The summed E-state index contributed by atoms with van der Waals surface area (Å²) in [7, 11) is 4.04. The molecule has 3 aromatic rings. The minimum atomic E-state index is -0.500. The second-order valence-corrected chi connectivity index (χ2v) is 7.92. The van der Waals surface area contributed by atoms with Crippen LogP contribution in [-0.2, 0) is 11.3 Å². The van der Waals surface area contributed by atoms with Gasteiger partial charge in [-0.1, -0.05) is 41.7 Å². The van der Waals surface area contributed by atoms with Gasteiger partial charge in [-0.25, -0.2) is 9.48 Å². The molecule has 178 valence electrons. The van der Waals surface area contributed by atoms with Gasteiger partial charge in [0.1, 0.15) is 0 Å². The molecule has 0 aliphatic rings. The fourth-order valence-electron chi connectivity index (χ4n) is 2.81. The Labute approximate surface area is 201 Å². The molecule has 0 fully saturated rings. The minimum absolute atomic E-state index is 0.163. The van der Waals surface area contributed by atoms with E-state index in [1.807, 2.05) is 27.1 Å². The third-order valence-corrected chi connectivity index (χ3v) is 4.46. The molecule has 7 nitrogen and oxygen atoms in total. The molecule has 0 radical (unpaired) electrons. The number of carbonyl (C=O) groups is 1. The largest absolute Gasteiger partial charge is 0.450 e. The van der Waals surface area contributed by atoms with E-state index >= 15 is 0 Å². The molecule has 0 spiro atoms. The van der Waals surface area contributed by atoms with Gasteiger partial charge in [-0.2, -0.15) is 5.10 Å². The molecule has 1 amide bonds. The standard InChI is InChI=1S/C15H17N3O3.C12H15N/c1-3-21-15(20)16-13-6-4-5-12(9-13)10-18-14(19)8-7-11(2)17-18;1-11-6-8-12(9-7-11)5-4-10-13(2)3/h4-9H,3,10H2,1-2H3,(H,16,20);6-9H,10H2,1-3H3. The summed E-state index contributed by atoms with van der Waals surface area (Å²) in [5.41, 5.74) is 4.46.